The van der Waals surface area contributed by atoms with Gasteiger partial charge in [0.2, 0.25) is 0 Å². The SMILES string of the molecule is CCC[CH2][Sn]([CH2]CCC)([CH2]CCC)[c]1cc(CN(C)C)cc(S(C)(=O)=O)c1. The summed E-state index contributed by atoms with van der Waals surface area (Å²) in [5.41, 5.74) is 1.16. The van der Waals surface area contributed by atoms with Gasteiger partial charge in [0.15, 0.2) is 0 Å². The first-order valence-corrected chi connectivity index (χ1v) is 20.0. The van der Waals surface area contributed by atoms with E-state index in [0.29, 0.717) is 4.90 Å². The summed E-state index contributed by atoms with van der Waals surface area (Å²) in [6.45, 7) is 7.63. The second-order valence-electron chi connectivity index (χ2n) is 8.47. The maximum absolute atomic E-state index is 12.4. The van der Waals surface area contributed by atoms with Crippen LogP contribution in [0.25, 0.3) is 0 Å². The summed E-state index contributed by atoms with van der Waals surface area (Å²) in [5, 5.41) is 0. The van der Waals surface area contributed by atoms with Crippen molar-refractivity contribution >= 4 is 31.8 Å². The van der Waals surface area contributed by atoms with E-state index in [1.807, 2.05) is 6.07 Å². The second-order valence-corrected chi connectivity index (χ2v) is 23.7. The van der Waals surface area contributed by atoms with Crippen LogP contribution in [0, 0.1) is 0 Å². The molecule has 0 aliphatic rings. The second kappa shape index (κ2) is 11.8. The molecule has 1 aromatic carbocycles. The molecule has 0 unspecified atom stereocenters. The standard InChI is InChI=1S/C10H14NO2S.3C4H9.Sn/c1-11(2)8-9-5-4-6-10(7-9)14(3,12)13;3*1-3-4-2;/h5-7H,8H2,1-3H3;3*1,3-4H2,2H3;. The minimum absolute atomic E-state index is 0.530. The van der Waals surface area contributed by atoms with Crippen LogP contribution >= 0.6 is 0 Å². The van der Waals surface area contributed by atoms with E-state index < -0.39 is 28.2 Å². The van der Waals surface area contributed by atoms with Crippen molar-refractivity contribution in [2.24, 2.45) is 0 Å². The summed E-state index contributed by atoms with van der Waals surface area (Å²) in [4.78, 5) is 2.66. The topological polar surface area (TPSA) is 37.4 Å². The molecule has 5 heteroatoms. The van der Waals surface area contributed by atoms with Gasteiger partial charge in [-0.1, -0.05) is 0 Å². The molecule has 0 N–H and O–H groups in total. The van der Waals surface area contributed by atoms with Gasteiger partial charge in [-0.25, -0.2) is 0 Å². The van der Waals surface area contributed by atoms with E-state index in [9.17, 15) is 8.42 Å². The molecule has 0 aliphatic heterocycles. The molecule has 1 rings (SSSR count). The zero-order valence-electron chi connectivity index (χ0n) is 18.5. The van der Waals surface area contributed by atoms with Crippen LogP contribution in [-0.2, 0) is 16.4 Å². The normalized spacial score (nSPS) is 12.7. The Labute approximate surface area is 172 Å². The fraction of sp³-hybridized carbons (Fsp3) is 0.727. The zero-order chi connectivity index (χ0) is 20.5. The molecule has 3 nitrogen and oxygen atoms in total. The van der Waals surface area contributed by atoms with Crippen LogP contribution in [0.15, 0.2) is 23.1 Å². The van der Waals surface area contributed by atoms with E-state index in [4.69, 9.17) is 0 Å². The fourth-order valence-electron chi connectivity index (χ4n) is 3.99. The zero-order valence-corrected chi connectivity index (χ0v) is 22.1. The van der Waals surface area contributed by atoms with Gasteiger partial charge in [-0.2, -0.15) is 0 Å². The number of hydrogen-bond acceptors (Lipinski definition) is 3. The van der Waals surface area contributed by atoms with E-state index in [-0.39, 0.29) is 0 Å². The van der Waals surface area contributed by atoms with Gasteiger partial charge in [-0.05, 0) is 0 Å². The van der Waals surface area contributed by atoms with Crippen molar-refractivity contribution in [3.8, 4) is 0 Å². The van der Waals surface area contributed by atoms with E-state index in [0.717, 1.165) is 12.1 Å². The fourth-order valence-corrected chi connectivity index (χ4v) is 21.2. The van der Waals surface area contributed by atoms with E-state index >= 15 is 0 Å². The van der Waals surface area contributed by atoms with Crippen LogP contribution in [0.4, 0.5) is 0 Å². The summed E-state index contributed by atoms with van der Waals surface area (Å²) in [7, 11) is 0.910. The summed E-state index contributed by atoms with van der Waals surface area (Å²) in [6, 6.07) is 6.35. The van der Waals surface area contributed by atoms with Crippen LogP contribution in [-0.4, -0.2) is 52.0 Å². The van der Waals surface area contributed by atoms with Crippen LogP contribution in [0.3, 0.4) is 0 Å². The summed E-state index contributed by atoms with van der Waals surface area (Å²) >= 11 is -2.64. The number of nitrogens with zero attached hydrogens (tertiary/aromatic N) is 1. The van der Waals surface area contributed by atoms with Crippen molar-refractivity contribution in [3.05, 3.63) is 23.8 Å². The molecule has 27 heavy (non-hydrogen) atoms. The first-order valence-electron chi connectivity index (χ1n) is 10.7. The molecule has 0 saturated carbocycles. The van der Waals surface area contributed by atoms with Gasteiger partial charge in [-0.15, -0.1) is 0 Å². The van der Waals surface area contributed by atoms with Gasteiger partial charge >= 0.3 is 173 Å². The Morgan fingerprint density at radius 3 is 1.70 bits per heavy atom. The van der Waals surface area contributed by atoms with Crippen molar-refractivity contribution in [2.75, 3.05) is 20.4 Å². The first-order chi connectivity index (χ1) is 12.7. The quantitative estimate of drug-likeness (QED) is 0.348. The summed E-state index contributed by atoms with van der Waals surface area (Å²) in [6.07, 6.45) is 8.90. The Morgan fingerprint density at radius 2 is 1.33 bits per heavy atom. The Kier molecular flexibility index (Phi) is 10.9. The molecule has 0 bridgehead atoms. The third-order valence-electron chi connectivity index (χ3n) is 5.53. The van der Waals surface area contributed by atoms with Crippen LogP contribution in [0.5, 0.6) is 0 Å². The molecule has 0 radical (unpaired) electrons. The van der Waals surface area contributed by atoms with Gasteiger partial charge in [0.25, 0.3) is 0 Å². The molecule has 0 atom stereocenters. The monoisotopic (exact) mass is 503 g/mol. The predicted molar refractivity (Wildman–Crippen MR) is 121 cm³/mol. The Balaban J connectivity index is 3.54. The Morgan fingerprint density at radius 1 is 0.852 bits per heavy atom. The molecule has 0 saturated heterocycles. The van der Waals surface area contributed by atoms with Crippen molar-refractivity contribution in [3.63, 3.8) is 0 Å². The van der Waals surface area contributed by atoms with Crippen LogP contribution < -0.4 is 3.58 Å². The number of hydrogen-bond donors (Lipinski definition) is 0. The molecule has 0 heterocycles. The molecule has 0 aromatic heterocycles. The maximum atomic E-state index is 12.4. The number of rotatable bonds is 13. The van der Waals surface area contributed by atoms with Crippen molar-refractivity contribution in [2.45, 2.75) is 84.0 Å². The van der Waals surface area contributed by atoms with Crippen molar-refractivity contribution in [1.82, 2.24) is 4.90 Å². The number of sulfone groups is 1. The minimum atomic E-state index is -3.19. The van der Waals surface area contributed by atoms with Gasteiger partial charge < -0.3 is 0 Å². The third kappa shape index (κ3) is 8.06. The van der Waals surface area contributed by atoms with Crippen LogP contribution in [0.1, 0.15) is 64.9 Å². The average molecular weight is 502 g/mol. The van der Waals surface area contributed by atoms with Crippen molar-refractivity contribution in [1.29, 1.82) is 0 Å². The van der Waals surface area contributed by atoms with Gasteiger partial charge in [-0.3, -0.25) is 0 Å². The van der Waals surface area contributed by atoms with Gasteiger partial charge in [0.1, 0.15) is 0 Å². The average Bonchev–Trinajstić information content (AvgIpc) is 2.60. The molecule has 156 valence electrons. The third-order valence-corrected chi connectivity index (χ3v) is 22.2. The molecular formula is C22H41NO2SSn. The number of unbranched alkanes of at least 4 members (excludes halogenated alkanes) is 3. The molecule has 0 spiro atoms. The number of benzene rings is 1. The first kappa shape index (κ1) is 25.0. The molecular weight excluding hydrogens is 461 g/mol. The Bertz CT molecular complexity index is 649. The molecule has 0 fully saturated rings. The van der Waals surface area contributed by atoms with Gasteiger partial charge in [0, 0.05) is 0 Å². The van der Waals surface area contributed by atoms with E-state index in [1.165, 1.54) is 61.7 Å². The van der Waals surface area contributed by atoms with Crippen LogP contribution in [0.2, 0.25) is 13.3 Å². The predicted octanol–water partition coefficient (Wildman–Crippen LogP) is 5.21. The summed E-state index contributed by atoms with van der Waals surface area (Å²) in [5.74, 6) is 0. The molecule has 0 aliphatic carbocycles. The van der Waals surface area contributed by atoms with E-state index in [1.54, 1.807) is 0 Å². The molecule has 0 amide bonds. The summed E-state index contributed by atoms with van der Waals surface area (Å²) < 4.78 is 30.3. The van der Waals surface area contributed by atoms with Crippen molar-refractivity contribution < 1.29 is 8.42 Å². The van der Waals surface area contributed by atoms with Gasteiger partial charge in [0.05, 0.1) is 0 Å². The Hall–Kier alpha value is -0.0713. The van der Waals surface area contributed by atoms with E-state index in [2.05, 4.69) is 51.9 Å². The molecule has 1 aromatic rings.